The molecule has 22 heavy (non-hydrogen) atoms. The van der Waals surface area contributed by atoms with E-state index in [4.69, 9.17) is 10.00 Å². The Hall–Kier alpha value is -3.13. The Morgan fingerprint density at radius 3 is 2.55 bits per heavy atom. The first-order chi connectivity index (χ1) is 10.6. The monoisotopic (exact) mass is 294 g/mol. The lowest BCUT2D eigenvalue weighted by Crippen LogP contribution is -2.30. The molecule has 0 spiro atoms. The molecule has 0 aliphatic rings. The van der Waals surface area contributed by atoms with Gasteiger partial charge in [-0.3, -0.25) is 4.79 Å². The van der Waals surface area contributed by atoms with Crippen molar-refractivity contribution in [3.63, 3.8) is 0 Å². The number of esters is 1. The Balaban J connectivity index is 1.97. The molecule has 2 aromatic carbocycles. The van der Waals surface area contributed by atoms with Crippen molar-refractivity contribution in [2.24, 2.45) is 0 Å². The summed E-state index contributed by atoms with van der Waals surface area (Å²) in [5.41, 5.74) is 1.30. The second-order valence-electron chi connectivity index (χ2n) is 4.60. The number of carbonyl (C=O) groups excluding carboxylic acids is 2. The highest BCUT2D eigenvalue weighted by Crippen LogP contribution is 2.11. The average Bonchev–Trinajstić information content (AvgIpc) is 2.55. The zero-order valence-electron chi connectivity index (χ0n) is 11.9. The maximum absolute atomic E-state index is 12.0. The Bertz CT molecular complexity index is 720. The summed E-state index contributed by atoms with van der Waals surface area (Å²) >= 11 is 0. The summed E-state index contributed by atoms with van der Waals surface area (Å²) in [6, 6.07) is 16.9. The molecule has 0 aliphatic heterocycles. The third-order valence-corrected chi connectivity index (χ3v) is 2.92. The van der Waals surface area contributed by atoms with Gasteiger partial charge < -0.3 is 10.1 Å². The van der Waals surface area contributed by atoms with E-state index in [0.29, 0.717) is 16.8 Å². The molecule has 0 saturated carbocycles. The predicted molar refractivity (Wildman–Crippen MR) is 81.1 cm³/mol. The smallest absolute Gasteiger partial charge is 0.338 e. The van der Waals surface area contributed by atoms with Crippen molar-refractivity contribution in [3.05, 3.63) is 65.7 Å². The van der Waals surface area contributed by atoms with E-state index in [-0.39, 0.29) is 0 Å². The third-order valence-electron chi connectivity index (χ3n) is 2.92. The SMILES string of the molecule is CC(OC(=O)c1ccccc1)C(=O)Nc1cccc(C#N)c1. The highest BCUT2D eigenvalue weighted by molar-refractivity contribution is 5.97. The van der Waals surface area contributed by atoms with Gasteiger partial charge >= 0.3 is 5.97 Å². The average molecular weight is 294 g/mol. The summed E-state index contributed by atoms with van der Waals surface area (Å²) in [6.07, 6.45) is -0.946. The van der Waals surface area contributed by atoms with Crippen LogP contribution >= 0.6 is 0 Å². The lowest BCUT2D eigenvalue weighted by atomic mass is 10.2. The maximum atomic E-state index is 12.0. The minimum atomic E-state index is -0.946. The van der Waals surface area contributed by atoms with Gasteiger partial charge in [-0.1, -0.05) is 24.3 Å². The molecule has 1 amide bonds. The molecule has 5 heteroatoms. The summed E-state index contributed by atoms with van der Waals surface area (Å²) < 4.78 is 5.11. The second-order valence-corrected chi connectivity index (χ2v) is 4.60. The number of rotatable bonds is 4. The number of carbonyl (C=O) groups is 2. The molecule has 1 N–H and O–H groups in total. The van der Waals surface area contributed by atoms with Gasteiger partial charge in [0.2, 0.25) is 0 Å². The molecule has 0 aromatic heterocycles. The van der Waals surface area contributed by atoms with E-state index < -0.39 is 18.0 Å². The van der Waals surface area contributed by atoms with Crippen molar-refractivity contribution in [3.8, 4) is 6.07 Å². The van der Waals surface area contributed by atoms with E-state index in [9.17, 15) is 9.59 Å². The van der Waals surface area contributed by atoms with Gasteiger partial charge in [0.1, 0.15) is 0 Å². The number of hydrogen-bond acceptors (Lipinski definition) is 4. The molecule has 5 nitrogen and oxygen atoms in total. The fraction of sp³-hybridized carbons (Fsp3) is 0.118. The number of hydrogen-bond donors (Lipinski definition) is 1. The Morgan fingerprint density at radius 2 is 1.86 bits per heavy atom. The summed E-state index contributed by atoms with van der Waals surface area (Å²) in [5.74, 6) is -1.02. The maximum Gasteiger partial charge on any atom is 0.338 e. The van der Waals surface area contributed by atoms with E-state index in [1.807, 2.05) is 6.07 Å². The number of anilines is 1. The zero-order chi connectivity index (χ0) is 15.9. The van der Waals surface area contributed by atoms with Gasteiger partial charge in [0.25, 0.3) is 5.91 Å². The molecule has 0 radical (unpaired) electrons. The highest BCUT2D eigenvalue weighted by atomic mass is 16.5. The van der Waals surface area contributed by atoms with Crippen LogP contribution in [0.3, 0.4) is 0 Å². The molecular formula is C17H14N2O3. The highest BCUT2D eigenvalue weighted by Gasteiger charge is 2.18. The molecule has 0 heterocycles. The first-order valence-corrected chi connectivity index (χ1v) is 6.67. The van der Waals surface area contributed by atoms with Gasteiger partial charge in [0.05, 0.1) is 17.2 Å². The van der Waals surface area contributed by atoms with E-state index in [0.717, 1.165) is 0 Å². The number of nitrogens with one attached hydrogen (secondary N) is 1. The standard InChI is InChI=1S/C17H14N2O3/c1-12(22-17(21)14-7-3-2-4-8-14)16(20)19-15-9-5-6-13(10-15)11-18/h2-10,12H,1H3,(H,19,20). The van der Waals surface area contributed by atoms with Gasteiger partial charge in [0, 0.05) is 5.69 Å². The van der Waals surface area contributed by atoms with Crippen molar-refractivity contribution >= 4 is 17.6 Å². The molecular weight excluding hydrogens is 280 g/mol. The molecule has 2 aromatic rings. The van der Waals surface area contributed by atoms with Crippen LogP contribution in [0.4, 0.5) is 5.69 Å². The summed E-state index contributed by atoms with van der Waals surface area (Å²) in [5, 5.41) is 11.4. The molecule has 0 saturated heterocycles. The van der Waals surface area contributed by atoms with E-state index >= 15 is 0 Å². The molecule has 0 aliphatic carbocycles. The van der Waals surface area contributed by atoms with Crippen molar-refractivity contribution in [2.45, 2.75) is 13.0 Å². The van der Waals surface area contributed by atoms with Crippen LogP contribution in [-0.4, -0.2) is 18.0 Å². The minimum Gasteiger partial charge on any atom is -0.449 e. The molecule has 1 atom stereocenters. The van der Waals surface area contributed by atoms with Crippen molar-refractivity contribution in [2.75, 3.05) is 5.32 Å². The topological polar surface area (TPSA) is 79.2 Å². The number of nitrogens with zero attached hydrogens (tertiary/aromatic N) is 1. The van der Waals surface area contributed by atoms with Gasteiger partial charge in [-0.25, -0.2) is 4.79 Å². The Kier molecular flexibility index (Phi) is 4.89. The lowest BCUT2D eigenvalue weighted by Gasteiger charge is -2.13. The van der Waals surface area contributed by atoms with Crippen LogP contribution in [0.2, 0.25) is 0 Å². The van der Waals surface area contributed by atoms with Crippen LogP contribution in [0.15, 0.2) is 54.6 Å². The van der Waals surface area contributed by atoms with Crippen LogP contribution in [-0.2, 0) is 9.53 Å². The summed E-state index contributed by atoms with van der Waals surface area (Å²) in [7, 11) is 0. The lowest BCUT2D eigenvalue weighted by molar-refractivity contribution is -0.123. The number of nitriles is 1. The molecule has 110 valence electrons. The fourth-order valence-electron chi connectivity index (χ4n) is 1.77. The first-order valence-electron chi connectivity index (χ1n) is 6.67. The largest absolute Gasteiger partial charge is 0.449 e. The van der Waals surface area contributed by atoms with Crippen LogP contribution in [0.5, 0.6) is 0 Å². The first kappa shape index (κ1) is 15.3. The molecule has 0 fully saturated rings. The summed E-state index contributed by atoms with van der Waals surface area (Å²) in [4.78, 5) is 23.9. The predicted octanol–water partition coefficient (Wildman–Crippen LogP) is 2.74. The van der Waals surface area contributed by atoms with E-state index in [1.165, 1.54) is 6.92 Å². The van der Waals surface area contributed by atoms with Crippen LogP contribution in [0.25, 0.3) is 0 Å². The normalized spacial score (nSPS) is 11.1. The van der Waals surface area contributed by atoms with Crippen LogP contribution in [0.1, 0.15) is 22.8 Å². The summed E-state index contributed by atoms with van der Waals surface area (Å²) in [6.45, 7) is 1.49. The zero-order valence-corrected chi connectivity index (χ0v) is 11.9. The van der Waals surface area contributed by atoms with E-state index in [1.54, 1.807) is 54.6 Å². The van der Waals surface area contributed by atoms with Crippen molar-refractivity contribution in [1.29, 1.82) is 5.26 Å². The Morgan fingerprint density at radius 1 is 1.14 bits per heavy atom. The van der Waals surface area contributed by atoms with Gasteiger partial charge in [-0.05, 0) is 37.3 Å². The minimum absolute atomic E-state index is 0.383. The molecule has 1 unspecified atom stereocenters. The van der Waals surface area contributed by atoms with Crippen molar-refractivity contribution < 1.29 is 14.3 Å². The van der Waals surface area contributed by atoms with Crippen LogP contribution < -0.4 is 5.32 Å². The second kappa shape index (κ2) is 7.04. The molecule has 2 rings (SSSR count). The van der Waals surface area contributed by atoms with Gasteiger partial charge in [0.15, 0.2) is 6.10 Å². The third kappa shape index (κ3) is 3.93. The quantitative estimate of drug-likeness (QED) is 0.879. The number of ether oxygens (including phenoxy) is 1. The Labute approximate surface area is 128 Å². The van der Waals surface area contributed by atoms with Gasteiger partial charge in [-0.15, -0.1) is 0 Å². The fourth-order valence-corrected chi connectivity index (χ4v) is 1.77. The van der Waals surface area contributed by atoms with Crippen LogP contribution in [0, 0.1) is 11.3 Å². The number of amides is 1. The molecule has 0 bridgehead atoms. The van der Waals surface area contributed by atoms with E-state index in [2.05, 4.69) is 5.32 Å². The van der Waals surface area contributed by atoms with Gasteiger partial charge in [-0.2, -0.15) is 5.26 Å². The van der Waals surface area contributed by atoms with Crippen molar-refractivity contribution in [1.82, 2.24) is 0 Å². The number of benzene rings is 2.